The van der Waals surface area contributed by atoms with Crippen LogP contribution in [0, 0.1) is 0 Å². The smallest absolute Gasteiger partial charge is 0.258 e. The number of aromatic amines is 1. The fourth-order valence-electron chi connectivity index (χ4n) is 2.28. The van der Waals surface area contributed by atoms with Crippen molar-refractivity contribution in [3.8, 4) is 0 Å². The third-order valence-corrected chi connectivity index (χ3v) is 3.38. The number of nitrogens with one attached hydrogen (secondary N) is 3. The first-order valence-corrected chi connectivity index (χ1v) is 6.42. The van der Waals surface area contributed by atoms with Gasteiger partial charge in [0.05, 0.1) is 28.6 Å². The van der Waals surface area contributed by atoms with Crippen molar-refractivity contribution in [3.05, 3.63) is 28.8 Å². The number of carbonyl (C=O) groups excluding carboxylic acids is 2. The van der Waals surface area contributed by atoms with Gasteiger partial charge in [-0.3, -0.25) is 19.7 Å². The summed E-state index contributed by atoms with van der Waals surface area (Å²) in [4.78, 5) is 41.0. The Morgan fingerprint density at radius 1 is 1.29 bits per heavy atom. The largest absolute Gasteiger partial charge is 0.397 e. The van der Waals surface area contributed by atoms with Gasteiger partial charge in [-0.1, -0.05) is 0 Å². The molecule has 108 valence electrons. The van der Waals surface area contributed by atoms with Gasteiger partial charge in [0.2, 0.25) is 11.8 Å². The summed E-state index contributed by atoms with van der Waals surface area (Å²) in [5, 5.41) is 5.63. The van der Waals surface area contributed by atoms with E-state index in [-0.39, 0.29) is 23.8 Å². The van der Waals surface area contributed by atoms with Gasteiger partial charge in [0, 0.05) is 6.42 Å². The molecule has 8 nitrogen and oxygen atoms in total. The van der Waals surface area contributed by atoms with Crippen LogP contribution >= 0.6 is 0 Å². The van der Waals surface area contributed by atoms with Gasteiger partial charge in [-0.2, -0.15) is 0 Å². The van der Waals surface area contributed by atoms with Crippen LogP contribution in [-0.2, 0) is 9.59 Å². The number of anilines is 2. The number of piperidine rings is 1. The zero-order valence-electron chi connectivity index (χ0n) is 11.0. The van der Waals surface area contributed by atoms with Crippen LogP contribution in [0.25, 0.3) is 10.9 Å². The average Bonchev–Trinajstić information content (AvgIpc) is 2.44. The van der Waals surface area contributed by atoms with E-state index in [9.17, 15) is 14.4 Å². The zero-order valence-corrected chi connectivity index (χ0v) is 11.0. The molecule has 3 rings (SSSR count). The molecule has 21 heavy (non-hydrogen) atoms. The van der Waals surface area contributed by atoms with Crippen LogP contribution in [0.1, 0.15) is 12.8 Å². The van der Waals surface area contributed by atoms with Gasteiger partial charge in [-0.25, -0.2) is 4.98 Å². The summed E-state index contributed by atoms with van der Waals surface area (Å²) in [6, 6.07) is 2.59. The summed E-state index contributed by atoms with van der Waals surface area (Å²) < 4.78 is 0. The lowest BCUT2D eigenvalue weighted by Gasteiger charge is -2.23. The van der Waals surface area contributed by atoms with E-state index in [4.69, 9.17) is 5.73 Å². The topological polar surface area (TPSA) is 130 Å². The standard InChI is InChI=1S/C13H13N5O3/c14-7-3-6-9(15-5-16-12(6)20)4-10(7)17-8-1-2-11(19)18-13(8)21/h3-5,8,17H,1-2,14H2,(H,15,16,20)(H,18,19,21). The minimum Gasteiger partial charge on any atom is -0.397 e. The summed E-state index contributed by atoms with van der Waals surface area (Å²) in [6.45, 7) is 0. The third kappa shape index (κ3) is 2.42. The van der Waals surface area contributed by atoms with Gasteiger partial charge < -0.3 is 16.0 Å². The fraction of sp³-hybridized carbons (Fsp3) is 0.231. The van der Waals surface area contributed by atoms with E-state index in [1.807, 2.05) is 0 Å². The Balaban J connectivity index is 1.94. The molecule has 0 aliphatic carbocycles. The number of carbonyl (C=O) groups is 2. The zero-order chi connectivity index (χ0) is 15.0. The molecular weight excluding hydrogens is 274 g/mol. The quantitative estimate of drug-likeness (QED) is 0.444. The first kappa shape index (κ1) is 13.1. The van der Waals surface area contributed by atoms with Crippen molar-refractivity contribution in [1.29, 1.82) is 0 Å². The second kappa shape index (κ2) is 4.89. The molecule has 0 bridgehead atoms. The highest BCUT2D eigenvalue weighted by molar-refractivity contribution is 6.02. The van der Waals surface area contributed by atoms with Gasteiger partial charge in [0.25, 0.3) is 5.56 Å². The number of nitrogen functional groups attached to an aromatic ring is 1. The number of rotatable bonds is 2. The van der Waals surface area contributed by atoms with E-state index >= 15 is 0 Å². The number of amides is 2. The molecule has 1 atom stereocenters. The minimum atomic E-state index is -0.538. The van der Waals surface area contributed by atoms with E-state index in [0.29, 0.717) is 28.7 Å². The Morgan fingerprint density at radius 2 is 2.10 bits per heavy atom. The molecule has 0 saturated carbocycles. The van der Waals surface area contributed by atoms with E-state index in [1.165, 1.54) is 12.4 Å². The van der Waals surface area contributed by atoms with Crippen molar-refractivity contribution >= 4 is 34.1 Å². The lowest BCUT2D eigenvalue weighted by Crippen LogP contribution is -2.47. The maximum absolute atomic E-state index is 11.7. The molecule has 1 unspecified atom stereocenters. The molecule has 1 aromatic carbocycles. The van der Waals surface area contributed by atoms with Crippen LogP contribution in [0.15, 0.2) is 23.3 Å². The summed E-state index contributed by atoms with van der Waals surface area (Å²) in [5.41, 5.74) is 6.95. The first-order chi connectivity index (χ1) is 10.0. The number of H-pyrrole nitrogens is 1. The number of nitrogens with two attached hydrogens (primary N) is 1. The van der Waals surface area contributed by atoms with Crippen molar-refractivity contribution in [2.24, 2.45) is 0 Å². The van der Waals surface area contributed by atoms with Crippen molar-refractivity contribution in [3.63, 3.8) is 0 Å². The van der Waals surface area contributed by atoms with E-state index < -0.39 is 6.04 Å². The van der Waals surface area contributed by atoms with Crippen LogP contribution in [0.3, 0.4) is 0 Å². The van der Waals surface area contributed by atoms with Gasteiger partial charge in [0.1, 0.15) is 6.04 Å². The molecule has 2 amide bonds. The Kier molecular flexibility index (Phi) is 3.05. The van der Waals surface area contributed by atoms with Gasteiger partial charge in [-0.05, 0) is 18.6 Å². The monoisotopic (exact) mass is 287 g/mol. The Bertz CT molecular complexity index is 798. The number of aromatic nitrogens is 2. The third-order valence-electron chi connectivity index (χ3n) is 3.38. The SMILES string of the molecule is Nc1cc2c(=O)[nH]cnc2cc1NC1CCC(=O)NC1=O. The average molecular weight is 287 g/mol. The summed E-state index contributed by atoms with van der Waals surface area (Å²) in [6.07, 6.45) is 1.97. The summed E-state index contributed by atoms with van der Waals surface area (Å²) in [7, 11) is 0. The number of hydrogen-bond acceptors (Lipinski definition) is 6. The predicted octanol–water partition coefficient (Wildman–Crippen LogP) is -0.278. The molecule has 1 aliphatic rings. The lowest BCUT2D eigenvalue weighted by molar-refractivity contribution is -0.133. The van der Waals surface area contributed by atoms with Gasteiger partial charge in [0.15, 0.2) is 0 Å². The second-order valence-corrected chi connectivity index (χ2v) is 4.84. The molecule has 2 aromatic rings. The molecule has 1 saturated heterocycles. The molecule has 1 aliphatic heterocycles. The first-order valence-electron chi connectivity index (χ1n) is 6.42. The molecule has 1 fully saturated rings. The molecule has 2 heterocycles. The van der Waals surface area contributed by atoms with Crippen LogP contribution in [0.2, 0.25) is 0 Å². The highest BCUT2D eigenvalue weighted by Gasteiger charge is 2.26. The normalized spacial score (nSPS) is 18.6. The van der Waals surface area contributed by atoms with Crippen molar-refractivity contribution in [2.45, 2.75) is 18.9 Å². The van der Waals surface area contributed by atoms with Crippen LogP contribution in [0.4, 0.5) is 11.4 Å². The molecule has 0 radical (unpaired) electrons. The minimum absolute atomic E-state index is 0.273. The van der Waals surface area contributed by atoms with Gasteiger partial charge in [-0.15, -0.1) is 0 Å². The second-order valence-electron chi connectivity index (χ2n) is 4.84. The number of imide groups is 1. The Morgan fingerprint density at radius 3 is 2.86 bits per heavy atom. The Labute approximate surface area is 118 Å². The summed E-state index contributed by atoms with van der Waals surface area (Å²) >= 11 is 0. The fourth-order valence-corrected chi connectivity index (χ4v) is 2.28. The van der Waals surface area contributed by atoms with Crippen molar-refractivity contribution in [2.75, 3.05) is 11.1 Å². The maximum atomic E-state index is 11.7. The maximum Gasteiger partial charge on any atom is 0.258 e. The van der Waals surface area contributed by atoms with E-state index in [2.05, 4.69) is 20.6 Å². The predicted molar refractivity (Wildman–Crippen MR) is 76.6 cm³/mol. The van der Waals surface area contributed by atoms with Crippen LogP contribution in [0.5, 0.6) is 0 Å². The number of fused-ring (bicyclic) bond motifs is 1. The highest BCUT2D eigenvalue weighted by atomic mass is 16.2. The number of nitrogens with zero attached hydrogens (tertiary/aromatic N) is 1. The molecule has 0 spiro atoms. The van der Waals surface area contributed by atoms with E-state index in [0.717, 1.165) is 0 Å². The van der Waals surface area contributed by atoms with E-state index in [1.54, 1.807) is 6.07 Å². The van der Waals surface area contributed by atoms with Crippen LogP contribution in [-0.4, -0.2) is 27.8 Å². The van der Waals surface area contributed by atoms with Crippen LogP contribution < -0.4 is 21.9 Å². The van der Waals surface area contributed by atoms with Crippen molar-refractivity contribution in [1.82, 2.24) is 15.3 Å². The number of hydrogen-bond donors (Lipinski definition) is 4. The van der Waals surface area contributed by atoms with Gasteiger partial charge >= 0.3 is 0 Å². The highest BCUT2D eigenvalue weighted by Crippen LogP contribution is 2.24. The number of benzene rings is 1. The molecular formula is C13H13N5O3. The Hall–Kier alpha value is -2.90. The molecule has 5 N–H and O–H groups in total. The lowest BCUT2D eigenvalue weighted by atomic mass is 10.1. The van der Waals surface area contributed by atoms with Crippen molar-refractivity contribution < 1.29 is 9.59 Å². The summed E-state index contributed by atoms with van der Waals surface area (Å²) in [5.74, 6) is -0.664. The molecule has 1 aromatic heterocycles. The molecule has 8 heteroatoms.